The molecule has 0 bridgehead atoms. The van der Waals surface area contributed by atoms with Crippen LogP contribution in [0.25, 0.3) is 10.9 Å². The van der Waals surface area contributed by atoms with Crippen LogP contribution in [-0.2, 0) is 9.47 Å². The van der Waals surface area contributed by atoms with Crippen LogP contribution in [0.15, 0.2) is 30.5 Å². The maximum Gasteiger partial charge on any atom is 0.418 e. The van der Waals surface area contributed by atoms with Gasteiger partial charge in [-0.05, 0) is 12.5 Å². The lowest BCUT2D eigenvalue weighted by molar-refractivity contribution is 0.0603. The Balaban J connectivity index is 2.38. The van der Waals surface area contributed by atoms with Crippen LogP contribution in [0.2, 0.25) is 0 Å². The van der Waals surface area contributed by atoms with Crippen molar-refractivity contribution in [2.75, 3.05) is 13.7 Å². The number of esters is 1. The fourth-order valence-electron chi connectivity index (χ4n) is 1.98. The molecule has 0 aliphatic heterocycles. The maximum atomic E-state index is 12.0. The molecule has 1 aromatic heterocycles. The number of fused-ring (bicyclic) bond motifs is 1. The van der Waals surface area contributed by atoms with Gasteiger partial charge < -0.3 is 9.47 Å². The number of carbonyl (C=O) groups excluding carboxylic acids is 2. The van der Waals surface area contributed by atoms with Gasteiger partial charge >= 0.3 is 12.1 Å². The Labute approximate surface area is 117 Å². The molecule has 5 nitrogen and oxygen atoms in total. The van der Waals surface area contributed by atoms with Crippen molar-refractivity contribution < 1.29 is 19.1 Å². The summed E-state index contributed by atoms with van der Waals surface area (Å²) in [6.45, 7) is 2.39. The average molecular weight is 275 g/mol. The van der Waals surface area contributed by atoms with Gasteiger partial charge in [-0.15, -0.1) is 0 Å². The fraction of sp³-hybridized carbons (Fsp3) is 0.333. The standard InChI is InChI=1S/C15H17NO4/c1-3-4-9-20-15(18)16-10-12(14(17)19-2)11-7-5-6-8-13(11)16/h5-8,10H,3-4,9H2,1-2H3. The van der Waals surface area contributed by atoms with Crippen LogP contribution >= 0.6 is 0 Å². The predicted molar refractivity (Wildman–Crippen MR) is 74.9 cm³/mol. The van der Waals surface area contributed by atoms with E-state index in [9.17, 15) is 9.59 Å². The highest BCUT2D eigenvalue weighted by atomic mass is 16.5. The van der Waals surface area contributed by atoms with Crippen LogP contribution in [0, 0.1) is 0 Å². The van der Waals surface area contributed by atoms with Gasteiger partial charge in [-0.3, -0.25) is 4.57 Å². The van der Waals surface area contributed by atoms with E-state index in [-0.39, 0.29) is 0 Å². The number of hydrogen-bond acceptors (Lipinski definition) is 4. The zero-order chi connectivity index (χ0) is 14.5. The van der Waals surface area contributed by atoms with E-state index in [0.717, 1.165) is 12.8 Å². The van der Waals surface area contributed by atoms with Gasteiger partial charge in [0, 0.05) is 11.6 Å². The highest BCUT2D eigenvalue weighted by Crippen LogP contribution is 2.22. The second-order valence-electron chi connectivity index (χ2n) is 4.39. The van der Waals surface area contributed by atoms with Crippen LogP contribution in [0.3, 0.4) is 0 Å². The Morgan fingerprint density at radius 1 is 1.25 bits per heavy atom. The molecule has 0 N–H and O–H groups in total. The molecule has 0 amide bonds. The molecule has 0 aliphatic rings. The number of rotatable bonds is 4. The van der Waals surface area contributed by atoms with Gasteiger partial charge in [-0.1, -0.05) is 31.5 Å². The molecule has 1 aromatic carbocycles. The molecule has 0 aliphatic carbocycles. The van der Waals surface area contributed by atoms with Gasteiger partial charge in [-0.2, -0.15) is 0 Å². The van der Waals surface area contributed by atoms with Gasteiger partial charge in [-0.25, -0.2) is 9.59 Å². The van der Waals surface area contributed by atoms with Gasteiger partial charge in [0.25, 0.3) is 0 Å². The third-order valence-corrected chi connectivity index (χ3v) is 3.04. The minimum Gasteiger partial charge on any atom is -0.465 e. The highest BCUT2D eigenvalue weighted by molar-refractivity contribution is 6.06. The van der Waals surface area contributed by atoms with Crippen molar-refractivity contribution >= 4 is 23.0 Å². The lowest BCUT2D eigenvalue weighted by atomic mass is 10.2. The van der Waals surface area contributed by atoms with Crippen molar-refractivity contribution in [2.45, 2.75) is 19.8 Å². The summed E-state index contributed by atoms with van der Waals surface area (Å²) >= 11 is 0. The first kappa shape index (κ1) is 14.1. The molecule has 0 spiro atoms. The second kappa shape index (κ2) is 6.23. The fourth-order valence-corrected chi connectivity index (χ4v) is 1.98. The van der Waals surface area contributed by atoms with Gasteiger partial charge in [0.05, 0.1) is 24.8 Å². The molecular weight excluding hydrogens is 258 g/mol. The summed E-state index contributed by atoms with van der Waals surface area (Å²) in [6, 6.07) is 7.15. The van der Waals surface area contributed by atoms with Crippen LogP contribution in [0.4, 0.5) is 4.79 Å². The van der Waals surface area contributed by atoms with E-state index in [1.807, 2.05) is 13.0 Å². The summed E-state index contributed by atoms with van der Waals surface area (Å²) in [5, 5.41) is 0.673. The third-order valence-electron chi connectivity index (χ3n) is 3.04. The van der Waals surface area contributed by atoms with E-state index in [1.165, 1.54) is 17.9 Å². The number of ether oxygens (including phenoxy) is 2. The number of nitrogens with zero attached hydrogens (tertiary/aromatic N) is 1. The van der Waals surface area contributed by atoms with Crippen molar-refractivity contribution in [2.24, 2.45) is 0 Å². The second-order valence-corrected chi connectivity index (χ2v) is 4.39. The van der Waals surface area contributed by atoms with Crippen molar-refractivity contribution in [3.05, 3.63) is 36.0 Å². The number of hydrogen-bond donors (Lipinski definition) is 0. The smallest absolute Gasteiger partial charge is 0.418 e. The van der Waals surface area contributed by atoms with Crippen molar-refractivity contribution in [3.63, 3.8) is 0 Å². The molecule has 0 saturated carbocycles. The van der Waals surface area contributed by atoms with E-state index < -0.39 is 12.1 Å². The molecule has 2 rings (SSSR count). The van der Waals surface area contributed by atoms with Crippen molar-refractivity contribution in [3.8, 4) is 0 Å². The Bertz CT molecular complexity index is 630. The molecule has 0 saturated heterocycles. The van der Waals surface area contributed by atoms with E-state index in [1.54, 1.807) is 18.2 Å². The minimum absolute atomic E-state index is 0.357. The molecule has 1 heterocycles. The summed E-state index contributed by atoms with van der Waals surface area (Å²) in [6.07, 6.45) is 2.75. The largest absolute Gasteiger partial charge is 0.465 e. The van der Waals surface area contributed by atoms with E-state index in [0.29, 0.717) is 23.1 Å². The monoisotopic (exact) mass is 275 g/mol. The van der Waals surface area contributed by atoms with Crippen LogP contribution in [-0.4, -0.2) is 30.3 Å². The molecule has 5 heteroatoms. The Hall–Kier alpha value is -2.30. The summed E-state index contributed by atoms with van der Waals surface area (Å²) in [5.74, 6) is -0.471. The molecule has 2 aromatic rings. The van der Waals surface area contributed by atoms with Crippen molar-refractivity contribution in [1.29, 1.82) is 0 Å². The topological polar surface area (TPSA) is 57.5 Å². The lowest BCUT2D eigenvalue weighted by Crippen LogP contribution is -2.13. The molecule has 0 atom stereocenters. The quantitative estimate of drug-likeness (QED) is 0.635. The zero-order valence-corrected chi connectivity index (χ0v) is 11.6. The molecule has 106 valence electrons. The maximum absolute atomic E-state index is 12.0. The predicted octanol–water partition coefficient (Wildman–Crippen LogP) is 3.21. The van der Waals surface area contributed by atoms with E-state index in [2.05, 4.69) is 0 Å². The Morgan fingerprint density at radius 3 is 2.70 bits per heavy atom. The number of carbonyl (C=O) groups is 2. The molecule has 0 fully saturated rings. The molecular formula is C15H17NO4. The molecule has 0 unspecified atom stereocenters. The number of methoxy groups -OCH3 is 1. The van der Waals surface area contributed by atoms with Gasteiger partial charge in [0.15, 0.2) is 0 Å². The number of para-hydroxylation sites is 1. The first-order valence-corrected chi connectivity index (χ1v) is 6.54. The van der Waals surface area contributed by atoms with Crippen LogP contribution in [0.5, 0.6) is 0 Å². The van der Waals surface area contributed by atoms with Gasteiger partial charge in [0.2, 0.25) is 0 Å². The number of benzene rings is 1. The molecule has 20 heavy (non-hydrogen) atoms. The lowest BCUT2D eigenvalue weighted by Gasteiger charge is -2.05. The normalized spacial score (nSPS) is 10.5. The summed E-state index contributed by atoms with van der Waals surface area (Å²) in [4.78, 5) is 23.8. The van der Waals surface area contributed by atoms with E-state index in [4.69, 9.17) is 9.47 Å². The minimum atomic E-state index is -0.482. The number of aromatic nitrogens is 1. The summed E-state index contributed by atoms with van der Waals surface area (Å²) in [7, 11) is 1.31. The Kier molecular flexibility index (Phi) is 4.40. The van der Waals surface area contributed by atoms with Crippen LogP contribution in [0.1, 0.15) is 30.1 Å². The highest BCUT2D eigenvalue weighted by Gasteiger charge is 2.18. The first-order valence-electron chi connectivity index (χ1n) is 6.54. The summed E-state index contributed by atoms with van der Waals surface area (Å²) in [5.41, 5.74) is 0.991. The molecule has 0 radical (unpaired) electrons. The Morgan fingerprint density at radius 2 is 2.00 bits per heavy atom. The SMILES string of the molecule is CCCCOC(=O)n1cc(C(=O)OC)c2ccccc21. The summed E-state index contributed by atoms with van der Waals surface area (Å²) < 4.78 is 11.3. The zero-order valence-electron chi connectivity index (χ0n) is 11.6. The van der Waals surface area contributed by atoms with Crippen LogP contribution < -0.4 is 0 Å². The van der Waals surface area contributed by atoms with E-state index >= 15 is 0 Å². The average Bonchev–Trinajstić information content (AvgIpc) is 2.86. The number of unbranched alkanes of at least 4 members (excludes halogenated alkanes) is 1. The van der Waals surface area contributed by atoms with Gasteiger partial charge in [0.1, 0.15) is 0 Å². The first-order chi connectivity index (χ1) is 9.69. The van der Waals surface area contributed by atoms with Crippen molar-refractivity contribution in [1.82, 2.24) is 4.57 Å². The third kappa shape index (κ3) is 2.66.